The minimum Gasteiger partial charge on any atom is -0.481 e. The Morgan fingerprint density at radius 3 is 2.40 bits per heavy atom. The van der Waals surface area contributed by atoms with E-state index in [1.165, 1.54) is 0 Å². The Morgan fingerprint density at radius 2 is 1.93 bits per heavy atom. The number of carboxylic acid groups (broad SMARTS) is 1. The quantitative estimate of drug-likeness (QED) is 0.766. The van der Waals surface area contributed by atoms with Crippen LogP contribution in [0, 0.1) is 11.3 Å². The van der Waals surface area contributed by atoms with E-state index in [1.807, 2.05) is 0 Å². The predicted octanol–water partition coefficient (Wildman–Crippen LogP) is 1.29. The third kappa shape index (κ3) is 2.32. The molecule has 0 radical (unpaired) electrons. The van der Waals surface area contributed by atoms with Crippen molar-refractivity contribution in [3.63, 3.8) is 0 Å². The first-order valence-electron chi connectivity index (χ1n) is 5.60. The summed E-state index contributed by atoms with van der Waals surface area (Å²) in [7, 11) is 0. The summed E-state index contributed by atoms with van der Waals surface area (Å²) >= 11 is 0. The van der Waals surface area contributed by atoms with Crippen molar-refractivity contribution in [1.82, 2.24) is 0 Å². The Labute approximate surface area is 89.6 Å². The van der Waals surface area contributed by atoms with Gasteiger partial charge in [0.05, 0.1) is 13.2 Å². The Morgan fingerprint density at radius 1 is 1.27 bits per heavy atom. The summed E-state index contributed by atoms with van der Waals surface area (Å²) in [6, 6.07) is 0. The number of ether oxygens (including phenoxy) is 2. The number of aliphatic carboxylic acids is 1. The highest BCUT2D eigenvalue weighted by Crippen LogP contribution is 2.44. The van der Waals surface area contributed by atoms with Crippen LogP contribution < -0.4 is 0 Å². The molecule has 2 aliphatic rings. The molecular weight excluding hydrogens is 196 g/mol. The van der Waals surface area contributed by atoms with Gasteiger partial charge in [-0.3, -0.25) is 4.79 Å². The van der Waals surface area contributed by atoms with Crippen molar-refractivity contribution in [2.75, 3.05) is 26.4 Å². The Hall–Kier alpha value is -0.610. The highest BCUT2D eigenvalue weighted by Gasteiger charge is 2.45. The van der Waals surface area contributed by atoms with Crippen LogP contribution in [0.15, 0.2) is 0 Å². The van der Waals surface area contributed by atoms with Crippen LogP contribution in [0.4, 0.5) is 0 Å². The third-order valence-corrected chi connectivity index (χ3v) is 3.70. The molecule has 0 aliphatic carbocycles. The molecule has 0 spiro atoms. The maximum Gasteiger partial charge on any atom is 0.303 e. The van der Waals surface area contributed by atoms with Gasteiger partial charge in [0.1, 0.15) is 0 Å². The molecule has 2 saturated heterocycles. The van der Waals surface area contributed by atoms with Crippen molar-refractivity contribution in [1.29, 1.82) is 0 Å². The molecule has 0 unspecified atom stereocenters. The van der Waals surface area contributed by atoms with Gasteiger partial charge in [-0.1, -0.05) is 0 Å². The van der Waals surface area contributed by atoms with Crippen molar-refractivity contribution in [3.05, 3.63) is 0 Å². The van der Waals surface area contributed by atoms with Gasteiger partial charge in [-0.05, 0) is 25.2 Å². The molecule has 2 aliphatic heterocycles. The molecule has 2 fully saturated rings. The normalized spacial score (nSPS) is 25.9. The van der Waals surface area contributed by atoms with Gasteiger partial charge in [0.15, 0.2) is 0 Å². The zero-order valence-corrected chi connectivity index (χ0v) is 8.91. The lowest BCUT2D eigenvalue weighted by Crippen LogP contribution is -2.50. The van der Waals surface area contributed by atoms with Crippen molar-refractivity contribution in [2.45, 2.75) is 25.7 Å². The Bertz CT molecular complexity index is 229. The first kappa shape index (κ1) is 10.9. The third-order valence-electron chi connectivity index (χ3n) is 3.70. The SMILES string of the molecule is O=C(O)CCC1(C2CCOCC2)COC1. The van der Waals surface area contributed by atoms with Gasteiger partial charge in [-0.15, -0.1) is 0 Å². The highest BCUT2D eigenvalue weighted by molar-refractivity contribution is 5.66. The predicted molar refractivity (Wildman–Crippen MR) is 53.7 cm³/mol. The van der Waals surface area contributed by atoms with Crippen molar-refractivity contribution < 1.29 is 19.4 Å². The fourth-order valence-corrected chi connectivity index (χ4v) is 2.61. The summed E-state index contributed by atoms with van der Waals surface area (Å²) in [5.41, 5.74) is 0.141. The van der Waals surface area contributed by atoms with Gasteiger partial charge in [-0.2, -0.15) is 0 Å². The first-order valence-corrected chi connectivity index (χ1v) is 5.60. The fourth-order valence-electron chi connectivity index (χ4n) is 2.61. The second-order valence-electron chi connectivity index (χ2n) is 4.64. The van der Waals surface area contributed by atoms with E-state index < -0.39 is 5.97 Å². The molecule has 15 heavy (non-hydrogen) atoms. The van der Waals surface area contributed by atoms with Gasteiger partial charge in [0.25, 0.3) is 0 Å². The number of hydrogen-bond acceptors (Lipinski definition) is 3. The van der Waals surface area contributed by atoms with Crippen LogP contribution in [0.5, 0.6) is 0 Å². The van der Waals surface area contributed by atoms with Crippen molar-refractivity contribution in [3.8, 4) is 0 Å². The molecule has 86 valence electrons. The maximum absolute atomic E-state index is 10.6. The van der Waals surface area contributed by atoms with Crippen LogP contribution in [0.2, 0.25) is 0 Å². The summed E-state index contributed by atoms with van der Waals surface area (Å²) in [5.74, 6) is -0.104. The molecule has 0 bridgehead atoms. The van der Waals surface area contributed by atoms with E-state index in [0.717, 1.165) is 45.7 Å². The fraction of sp³-hybridized carbons (Fsp3) is 0.909. The zero-order chi connectivity index (χ0) is 10.7. The molecule has 4 heteroatoms. The molecule has 4 nitrogen and oxygen atoms in total. The number of hydrogen-bond donors (Lipinski definition) is 1. The molecule has 0 saturated carbocycles. The average Bonchev–Trinajstić information content (AvgIpc) is 2.17. The van der Waals surface area contributed by atoms with E-state index in [4.69, 9.17) is 14.6 Å². The molecule has 0 atom stereocenters. The number of rotatable bonds is 4. The van der Waals surface area contributed by atoms with Gasteiger partial charge in [0, 0.05) is 25.0 Å². The van der Waals surface area contributed by atoms with Crippen LogP contribution >= 0.6 is 0 Å². The van der Waals surface area contributed by atoms with Gasteiger partial charge < -0.3 is 14.6 Å². The lowest BCUT2D eigenvalue weighted by atomic mass is 9.67. The summed E-state index contributed by atoms with van der Waals surface area (Å²) in [6.07, 6.45) is 3.14. The number of carbonyl (C=O) groups is 1. The standard InChI is InChI=1S/C11H18O4/c12-10(13)1-4-11(7-15-8-11)9-2-5-14-6-3-9/h9H,1-8H2,(H,12,13). The molecule has 2 rings (SSSR count). The van der Waals surface area contributed by atoms with Crippen LogP contribution in [0.3, 0.4) is 0 Å². The van der Waals surface area contributed by atoms with Gasteiger partial charge >= 0.3 is 5.97 Å². The molecule has 1 N–H and O–H groups in total. The Balaban J connectivity index is 1.91. The second-order valence-corrected chi connectivity index (χ2v) is 4.64. The maximum atomic E-state index is 10.6. The molecule has 0 amide bonds. The lowest BCUT2D eigenvalue weighted by Gasteiger charge is -2.48. The minimum absolute atomic E-state index is 0.141. The topological polar surface area (TPSA) is 55.8 Å². The smallest absolute Gasteiger partial charge is 0.303 e. The van der Waals surface area contributed by atoms with E-state index in [0.29, 0.717) is 5.92 Å². The van der Waals surface area contributed by atoms with Gasteiger partial charge in [-0.25, -0.2) is 0 Å². The molecular formula is C11H18O4. The molecule has 0 aromatic heterocycles. The van der Waals surface area contributed by atoms with Crippen molar-refractivity contribution in [2.24, 2.45) is 11.3 Å². The largest absolute Gasteiger partial charge is 0.481 e. The number of carboxylic acids is 1. The second kappa shape index (κ2) is 4.49. The van der Waals surface area contributed by atoms with Crippen molar-refractivity contribution >= 4 is 5.97 Å². The molecule has 0 aromatic carbocycles. The minimum atomic E-state index is -0.701. The van der Waals surface area contributed by atoms with E-state index in [2.05, 4.69) is 0 Å². The molecule has 2 heterocycles. The lowest BCUT2D eigenvalue weighted by molar-refractivity contribution is -0.171. The average molecular weight is 214 g/mol. The van der Waals surface area contributed by atoms with Gasteiger partial charge in [0.2, 0.25) is 0 Å². The Kier molecular flexibility index (Phi) is 3.26. The van der Waals surface area contributed by atoms with Crippen LogP contribution in [-0.2, 0) is 14.3 Å². The molecule has 0 aromatic rings. The van der Waals surface area contributed by atoms with Crippen LogP contribution in [0.1, 0.15) is 25.7 Å². The van der Waals surface area contributed by atoms with E-state index in [9.17, 15) is 4.79 Å². The summed E-state index contributed by atoms with van der Waals surface area (Å²) in [6.45, 7) is 3.12. The summed E-state index contributed by atoms with van der Waals surface area (Å²) in [4.78, 5) is 10.6. The van der Waals surface area contributed by atoms with E-state index >= 15 is 0 Å². The zero-order valence-electron chi connectivity index (χ0n) is 8.91. The first-order chi connectivity index (χ1) is 7.23. The summed E-state index contributed by atoms with van der Waals surface area (Å²) in [5, 5.41) is 8.73. The monoisotopic (exact) mass is 214 g/mol. The highest BCUT2D eigenvalue weighted by atomic mass is 16.5. The van der Waals surface area contributed by atoms with Crippen LogP contribution in [-0.4, -0.2) is 37.5 Å². The van der Waals surface area contributed by atoms with E-state index in [-0.39, 0.29) is 11.8 Å². The summed E-state index contributed by atoms with van der Waals surface area (Å²) < 4.78 is 10.6. The van der Waals surface area contributed by atoms with E-state index in [1.54, 1.807) is 0 Å². The van der Waals surface area contributed by atoms with Crippen LogP contribution in [0.25, 0.3) is 0 Å².